The highest BCUT2D eigenvalue weighted by atomic mass is 35.5. The Morgan fingerprint density at radius 2 is 2.25 bits per heavy atom. The highest BCUT2D eigenvalue weighted by Gasteiger charge is 2.16. The zero-order chi connectivity index (χ0) is 16.8. The predicted molar refractivity (Wildman–Crippen MR) is 90.8 cm³/mol. The van der Waals surface area contributed by atoms with Gasteiger partial charge in [-0.3, -0.25) is 4.79 Å². The summed E-state index contributed by atoms with van der Waals surface area (Å²) in [6.07, 6.45) is 2.19. The Hall–Kier alpha value is -1.82. The van der Waals surface area contributed by atoms with Gasteiger partial charge in [-0.1, -0.05) is 23.7 Å². The van der Waals surface area contributed by atoms with Gasteiger partial charge in [-0.2, -0.15) is 0 Å². The highest BCUT2D eigenvalue weighted by molar-refractivity contribution is 6.30. The van der Waals surface area contributed by atoms with Gasteiger partial charge in [0.25, 0.3) is 0 Å². The molecule has 0 saturated carbocycles. The fraction of sp³-hybridized carbons (Fsp3) is 0.389. The third kappa shape index (κ3) is 4.84. The molecule has 0 bridgehead atoms. The van der Waals surface area contributed by atoms with Crippen molar-refractivity contribution in [1.29, 1.82) is 0 Å². The fourth-order valence-electron chi connectivity index (χ4n) is 2.57. The molecule has 2 heterocycles. The van der Waals surface area contributed by atoms with Crippen LogP contribution in [0, 0.1) is 0 Å². The van der Waals surface area contributed by atoms with E-state index < -0.39 is 0 Å². The van der Waals surface area contributed by atoms with Crippen LogP contribution in [0.5, 0.6) is 0 Å². The number of rotatable bonds is 7. The van der Waals surface area contributed by atoms with E-state index in [0.29, 0.717) is 23.9 Å². The Kier molecular flexibility index (Phi) is 5.91. The number of nitrogens with one attached hydrogen (secondary N) is 1. The van der Waals surface area contributed by atoms with Crippen molar-refractivity contribution >= 4 is 17.5 Å². The van der Waals surface area contributed by atoms with Gasteiger partial charge in [-0.15, -0.1) is 0 Å². The van der Waals surface area contributed by atoms with Crippen LogP contribution in [0.15, 0.2) is 40.8 Å². The molecule has 1 amide bonds. The number of halogens is 1. The van der Waals surface area contributed by atoms with Crippen LogP contribution in [0.4, 0.5) is 0 Å². The largest absolute Gasteiger partial charge is 0.459 e. The van der Waals surface area contributed by atoms with Crippen molar-refractivity contribution in [1.82, 2.24) is 5.32 Å². The van der Waals surface area contributed by atoms with E-state index in [1.807, 2.05) is 36.4 Å². The first-order chi connectivity index (χ1) is 11.7. The van der Waals surface area contributed by atoms with Gasteiger partial charge in [0.1, 0.15) is 18.1 Å². The summed E-state index contributed by atoms with van der Waals surface area (Å²) in [5.41, 5.74) is 0.903. The minimum absolute atomic E-state index is 0.0295. The van der Waals surface area contributed by atoms with Crippen LogP contribution in [-0.4, -0.2) is 31.8 Å². The summed E-state index contributed by atoms with van der Waals surface area (Å²) in [6, 6.07) is 11.1. The number of amides is 1. The quantitative estimate of drug-likeness (QED) is 0.832. The van der Waals surface area contributed by atoms with Gasteiger partial charge < -0.3 is 19.2 Å². The van der Waals surface area contributed by atoms with Crippen molar-refractivity contribution in [2.75, 3.05) is 19.8 Å². The molecule has 5 nitrogen and oxygen atoms in total. The number of furan rings is 1. The normalized spacial score (nSPS) is 17.1. The molecule has 1 unspecified atom stereocenters. The molecule has 0 spiro atoms. The van der Waals surface area contributed by atoms with E-state index >= 15 is 0 Å². The maximum Gasteiger partial charge on any atom is 0.246 e. The molecule has 0 radical (unpaired) electrons. The van der Waals surface area contributed by atoms with Gasteiger partial charge in [0, 0.05) is 17.2 Å². The number of carbonyl (C=O) groups excluding carboxylic acids is 1. The summed E-state index contributed by atoms with van der Waals surface area (Å²) in [5, 5.41) is 3.43. The van der Waals surface area contributed by atoms with Crippen molar-refractivity contribution in [2.45, 2.75) is 25.5 Å². The molecular formula is C18H20ClNO4. The predicted octanol–water partition coefficient (Wildman–Crippen LogP) is 3.41. The van der Waals surface area contributed by atoms with Crippen LogP contribution in [-0.2, 0) is 20.8 Å². The highest BCUT2D eigenvalue weighted by Crippen LogP contribution is 2.24. The van der Waals surface area contributed by atoms with Crippen LogP contribution in [0.1, 0.15) is 18.6 Å². The average Bonchev–Trinajstić information content (AvgIpc) is 3.25. The van der Waals surface area contributed by atoms with E-state index in [0.717, 1.165) is 30.8 Å². The molecule has 0 aliphatic carbocycles. The smallest absolute Gasteiger partial charge is 0.246 e. The molecule has 1 aliphatic rings. The van der Waals surface area contributed by atoms with Crippen molar-refractivity contribution < 1.29 is 18.7 Å². The minimum Gasteiger partial charge on any atom is -0.459 e. The summed E-state index contributed by atoms with van der Waals surface area (Å²) < 4.78 is 16.5. The zero-order valence-electron chi connectivity index (χ0n) is 13.3. The lowest BCUT2D eigenvalue weighted by Gasteiger charge is -2.09. The lowest BCUT2D eigenvalue weighted by atomic mass is 10.2. The Morgan fingerprint density at radius 3 is 3.04 bits per heavy atom. The van der Waals surface area contributed by atoms with Crippen LogP contribution in [0.2, 0.25) is 5.02 Å². The lowest BCUT2D eigenvalue weighted by molar-refractivity contribution is -0.127. The first kappa shape index (κ1) is 17.0. The maximum atomic E-state index is 11.8. The molecule has 3 rings (SSSR count). The van der Waals surface area contributed by atoms with E-state index in [1.165, 1.54) is 0 Å². The first-order valence-corrected chi connectivity index (χ1v) is 8.39. The Bertz CT molecular complexity index is 679. The Morgan fingerprint density at radius 1 is 1.33 bits per heavy atom. The van der Waals surface area contributed by atoms with Gasteiger partial charge in [-0.05, 0) is 37.1 Å². The first-order valence-electron chi connectivity index (χ1n) is 8.01. The number of ether oxygens (including phenoxy) is 2. The molecule has 2 aromatic rings. The number of benzene rings is 1. The standard InChI is InChI=1S/C18H20ClNO4/c19-14-4-1-3-13(9-14)17-7-6-15(24-17)10-20-18(21)12-22-11-16-5-2-8-23-16/h1,3-4,6-7,9,16H,2,5,8,10-12H2,(H,20,21). The zero-order valence-corrected chi connectivity index (χ0v) is 14.1. The van der Waals surface area contributed by atoms with E-state index in [9.17, 15) is 4.79 Å². The number of hydrogen-bond donors (Lipinski definition) is 1. The lowest BCUT2D eigenvalue weighted by Crippen LogP contribution is -2.28. The monoisotopic (exact) mass is 349 g/mol. The second kappa shape index (κ2) is 8.33. The number of hydrogen-bond acceptors (Lipinski definition) is 4. The maximum absolute atomic E-state index is 11.8. The van der Waals surface area contributed by atoms with Crippen molar-refractivity contribution in [3.05, 3.63) is 47.2 Å². The third-order valence-electron chi connectivity index (χ3n) is 3.79. The summed E-state index contributed by atoms with van der Waals surface area (Å²) in [4.78, 5) is 11.8. The Labute approximate surface area is 145 Å². The summed E-state index contributed by atoms with van der Waals surface area (Å²) in [7, 11) is 0. The Balaban J connectivity index is 1.42. The average molecular weight is 350 g/mol. The third-order valence-corrected chi connectivity index (χ3v) is 4.03. The fourth-order valence-corrected chi connectivity index (χ4v) is 2.76. The van der Waals surface area contributed by atoms with Crippen molar-refractivity contribution in [3.63, 3.8) is 0 Å². The SMILES string of the molecule is O=C(COCC1CCCO1)NCc1ccc(-c2cccc(Cl)c2)o1. The molecule has 1 N–H and O–H groups in total. The van der Waals surface area contributed by atoms with Crippen LogP contribution >= 0.6 is 11.6 Å². The second-order valence-electron chi connectivity index (χ2n) is 5.70. The second-order valence-corrected chi connectivity index (χ2v) is 6.14. The molecule has 6 heteroatoms. The van der Waals surface area contributed by atoms with Gasteiger partial charge in [0.15, 0.2) is 0 Å². The van der Waals surface area contributed by atoms with E-state index in [1.54, 1.807) is 0 Å². The van der Waals surface area contributed by atoms with Crippen molar-refractivity contribution in [3.8, 4) is 11.3 Å². The van der Waals surface area contributed by atoms with Gasteiger partial charge in [0.2, 0.25) is 5.91 Å². The molecule has 1 saturated heterocycles. The van der Waals surface area contributed by atoms with Gasteiger partial charge in [-0.25, -0.2) is 0 Å². The topological polar surface area (TPSA) is 60.7 Å². The summed E-state index contributed by atoms with van der Waals surface area (Å²) in [6.45, 7) is 1.60. The van der Waals surface area contributed by atoms with Gasteiger partial charge >= 0.3 is 0 Å². The van der Waals surface area contributed by atoms with Gasteiger partial charge in [0.05, 0.1) is 19.3 Å². The van der Waals surface area contributed by atoms with E-state index in [-0.39, 0.29) is 18.6 Å². The van der Waals surface area contributed by atoms with Crippen LogP contribution in [0.3, 0.4) is 0 Å². The molecule has 1 fully saturated rings. The van der Waals surface area contributed by atoms with E-state index in [2.05, 4.69) is 5.32 Å². The molecule has 1 aromatic carbocycles. The molecule has 24 heavy (non-hydrogen) atoms. The molecule has 128 valence electrons. The van der Waals surface area contributed by atoms with Crippen LogP contribution < -0.4 is 5.32 Å². The molecule has 1 aromatic heterocycles. The van der Waals surface area contributed by atoms with Crippen molar-refractivity contribution in [2.24, 2.45) is 0 Å². The molecular weight excluding hydrogens is 330 g/mol. The molecule has 1 atom stereocenters. The number of carbonyl (C=O) groups is 1. The van der Waals surface area contributed by atoms with Crippen LogP contribution in [0.25, 0.3) is 11.3 Å². The van der Waals surface area contributed by atoms with E-state index in [4.69, 9.17) is 25.5 Å². The minimum atomic E-state index is -0.172. The summed E-state index contributed by atoms with van der Waals surface area (Å²) >= 11 is 5.98. The summed E-state index contributed by atoms with van der Waals surface area (Å²) in [5.74, 6) is 1.22. The molecule has 1 aliphatic heterocycles.